The van der Waals surface area contributed by atoms with Crippen LogP contribution in [-0.4, -0.2) is 21.0 Å². The SMILES string of the molecule is CCCCOC(=O)c1cc(F)c(Cl)c(S(N)(=O)=O)c1Cl. The summed E-state index contributed by atoms with van der Waals surface area (Å²) in [6.07, 6.45) is 1.40. The highest BCUT2D eigenvalue weighted by Crippen LogP contribution is 2.34. The third kappa shape index (κ3) is 3.82. The molecule has 0 unspecified atom stereocenters. The van der Waals surface area contributed by atoms with E-state index in [1.54, 1.807) is 0 Å². The van der Waals surface area contributed by atoms with Crippen LogP contribution in [0.15, 0.2) is 11.0 Å². The molecule has 0 heterocycles. The Morgan fingerprint density at radius 2 is 2.00 bits per heavy atom. The zero-order valence-corrected chi connectivity index (χ0v) is 12.8. The van der Waals surface area contributed by atoms with Crippen LogP contribution in [0.1, 0.15) is 30.1 Å². The van der Waals surface area contributed by atoms with E-state index in [1.807, 2.05) is 6.92 Å². The van der Waals surface area contributed by atoms with Gasteiger partial charge in [-0.05, 0) is 12.5 Å². The zero-order valence-electron chi connectivity index (χ0n) is 10.5. The smallest absolute Gasteiger partial charge is 0.339 e. The number of carbonyl (C=O) groups excluding carboxylic acids is 1. The standard InChI is InChI=1S/C11H12Cl2FNO4S/c1-2-3-4-19-11(16)6-5-7(14)9(13)10(8(6)12)20(15,17)18/h5H,2-4H2,1H3,(H2,15,17,18). The first-order valence-corrected chi connectivity index (χ1v) is 7.87. The Bertz CT molecular complexity index is 634. The molecule has 0 aliphatic rings. The van der Waals surface area contributed by atoms with Gasteiger partial charge in [0.05, 0.1) is 22.2 Å². The Hall–Kier alpha value is -0.890. The van der Waals surface area contributed by atoms with Gasteiger partial charge in [0, 0.05) is 0 Å². The number of nitrogens with two attached hydrogens (primary N) is 1. The van der Waals surface area contributed by atoms with Crippen LogP contribution in [0.2, 0.25) is 10.0 Å². The number of carbonyl (C=O) groups is 1. The first-order chi connectivity index (χ1) is 9.20. The number of hydrogen-bond acceptors (Lipinski definition) is 4. The molecule has 0 spiro atoms. The lowest BCUT2D eigenvalue weighted by molar-refractivity contribution is 0.0499. The molecule has 0 saturated heterocycles. The van der Waals surface area contributed by atoms with Crippen molar-refractivity contribution in [2.45, 2.75) is 24.7 Å². The van der Waals surface area contributed by atoms with Crippen LogP contribution in [0, 0.1) is 5.82 Å². The molecule has 0 atom stereocenters. The molecule has 0 amide bonds. The van der Waals surface area contributed by atoms with Gasteiger partial charge in [-0.3, -0.25) is 0 Å². The molecule has 1 aromatic rings. The van der Waals surface area contributed by atoms with Crippen LogP contribution >= 0.6 is 23.2 Å². The molecule has 0 radical (unpaired) electrons. The highest BCUT2D eigenvalue weighted by Gasteiger charge is 2.27. The average Bonchev–Trinajstić information content (AvgIpc) is 2.32. The van der Waals surface area contributed by atoms with Crippen molar-refractivity contribution < 1.29 is 22.3 Å². The summed E-state index contributed by atoms with van der Waals surface area (Å²) in [6.45, 7) is 2.00. The average molecular weight is 344 g/mol. The number of unbranched alkanes of at least 4 members (excludes halogenated alkanes) is 1. The van der Waals surface area contributed by atoms with Crippen molar-refractivity contribution in [3.63, 3.8) is 0 Å². The molecule has 0 saturated carbocycles. The molecule has 20 heavy (non-hydrogen) atoms. The fourth-order valence-corrected chi connectivity index (χ4v) is 3.14. The van der Waals surface area contributed by atoms with Crippen molar-refractivity contribution >= 4 is 39.2 Å². The highest BCUT2D eigenvalue weighted by molar-refractivity contribution is 7.89. The fourth-order valence-electron chi connectivity index (χ4n) is 1.37. The van der Waals surface area contributed by atoms with E-state index >= 15 is 0 Å². The third-order valence-electron chi connectivity index (χ3n) is 2.35. The summed E-state index contributed by atoms with van der Waals surface area (Å²) in [5.74, 6) is -2.06. The molecule has 112 valence electrons. The van der Waals surface area contributed by atoms with Gasteiger partial charge in [-0.1, -0.05) is 36.5 Å². The number of benzene rings is 1. The summed E-state index contributed by atoms with van der Waals surface area (Å²) >= 11 is 11.3. The minimum absolute atomic E-state index is 0.112. The lowest BCUT2D eigenvalue weighted by atomic mass is 10.2. The first kappa shape index (κ1) is 17.2. The molecule has 5 nitrogen and oxygen atoms in total. The van der Waals surface area contributed by atoms with Gasteiger partial charge in [0.1, 0.15) is 10.7 Å². The Labute approximate surface area is 125 Å². The molecule has 1 rings (SSSR count). The summed E-state index contributed by atoms with van der Waals surface area (Å²) in [6, 6.07) is 0.716. The van der Waals surface area contributed by atoms with Gasteiger partial charge >= 0.3 is 5.97 Å². The lowest BCUT2D eigenvalue weighted by Gasteiger charge is -2.10. The van der Waals surface area contributed by atoms with E-state index < -0.39 is 42.3 Å². The molecule has 0 aromatic heterocycles. The molecule has 9 heteroatoms. The van der Waals surface area contributed by atoms with Gasteiger partial charge in [-0.15, -0.1) is 0 Å². The van der Waals surface area contributed by atoms with Crippen molar-refractivity contribution in [2.75, 3.05) is 6.61 Å². The summed E-state index contributed by atoms with van der Waals surface area (Å²) in [5.41, 5.74) is -0.436. The molecule has 0 aliphatic heterocycles. The monoisotopic (exact) mass is 343 g/mol. The van der Waals surface area contributed by atoms with Crippen molar-refractivity contribution in [3.05, 3.63) is 27.5 Å². The Morgan fingerprint density at radius 1 is 1.40 bits per heavy atom. The van der Waals surface area contributed by atoms with Gasteiger partial charge in [0.15, 0.2) is 0 Å². The van der Waals surface area contributed by atoms with Gasteiger partial charge in [-0.25, -0.2) is 22.7 Å². The van der Waals surface area contributed by atoms with Crippen LogP contribution in [0.3, 0.4) is 0 Å². The van der Waals surface area contributed by atoms with E-state index in [-0.39, 0.29) is 6.61 Å². The maximum absolute atomic E-state index is 13.6. The number of esters is 1. The minimum Gasteiger partial charge on any atom is -0.462 e. The third-order valence-corrected chi connectivity index (χ3v) is 4.31. The second-order valence-corrected chi connectivity index (χ2v) is 6.15. The lowest BCUT2D eigenvalue weighted by Crippen LogP contribution is -2.17. The zero-order chi connectivity index (χ0) is 15.5. The molecule has 2 N–H and O–H groups in total. The van der Waals surface area contributed by atoms with Crippen LogP contribution < -0.4 is 5.14 Å². The van der Waals surface area contributed by atoms with Crippen LogP contribution in [0.25, 0.3) is 0 Å². The number of ether oxygens (including phenoxy) is 1. The van der Waals surface area contributed by atoms with Crippen LogP contribution in [0.5, 0.6) is 0 Å². The van der Waals surface area contributed by atoms with E-state index in [4.69, 9.17) is 33.1 Å². The maximum Gasteiger partial charge on any atom is 0.339 e. The summed E-state index contributed by atoms with van der Waals surface area (Å²) in [4.78, 5) is 10.9. The molecule has 0 bridgehead atoms. The molecular weight excluding hydrogens is 332 g/mol. The largest absolute Gasteiger partial charge is 0.462 e. The summed E-state index contributed by atoms with van der Waals surface area (Å²) in [7, 11) is -4.38. The fraction of sp³-hybridized carbons (Fsp3) is 0.364. The van der Waals surface area contributed by atoms with Gasteiger partial charge < -0.3 is 4.74 Å². The Morgan fingerprint density at radius 3 is 2.50 bits per heavy atom. The van der Waals surface area contributed by atoms with E-state index in [2.05, 4.69) is 0 Å². The van der Waals surface area contributed by atoms with Crippen molar-refractivity contribution in [1.82, 2.24) is 0 Å². The number of halogens is 3. The predicted molar refractivity (Wildman–Crippen MR) is 73.0 cm³/mol. The second kappa shape index (κ2) is 6.71. The quantitative estimate of drug-likeness (QED) is 0.505. The summed E-state index contributed by atoms with van der Waals surface area (Å²) in [5, 5.41) is 3.59. The van der Waals surface area contributed by atoms with Gasteiger partial charge in [0.2, 0.25) is 10.0 Å². The molecule has 1 aromatic carbocycles. The van der Waals surface area contributed by atoms with E-state index in [0.29, 0.717) is 12.5 Å². The van der Waals surface area contributed by atoms with Crippen molar-refractivity contribution in [1.29, 1.82) is 0 Å². The normalized spacial score (nSPS) is 11.4. The molecular formula is C11H12Cl2FNO4S. The number of sulfonamides is 1. The van der Waals surface area contributed by atoms with E-state index in [0.717, 1.165) is 6.42 Å². The topological polar surface area (TPSA) is 86.5 Å². The first-order valence-electron chi connectivity index (χ1n) is 5.57. The number of rotatable bonds is 5. The number of primary sulfonamides is 1. The van der Waals surface area contributed by atoms with Gasteiger partial charge in [0.25, 0.3) is 0 Å². The van der Waals surface area contributed by atoms with E-state index in [9.17, 15) is 17.6 Å². The number of hydrogen-bond donors (Lipinski definition) is 1. The van der Waals surface area contributed by atoms with Crippen molar-refractivity contribution in [3.8, 4) is 0 Å². The maximum atomic E-state index is 13.6. The van der Waals surface area contributed by atoms with Crippen LogP contribution in [-0.2, 0) is 14.8 Å². The Kier molecular flexibility index (Phi) is 5.76. The molecule has 0 aliphatic carbocycles. The highest BCUT2D eigenvalue weighted by atomic mass is 35.5. The van der Waals surface area contributed by atoms with Crippen LogP contribution in [0.4, 0.5) is 4.39 Å². The van der Waals surface area contributed by atoms with Gasteiger partial charge in [-0.2, -0.15) is 0 Å². The second-order valence-electron chi connectivity index (χ2n) is 3.90. The van der Waals surface area contributed by atoms with Crippen molar-refractivity contribution in [2.24, 2.45) is 5.14 Å². The summed E-state index contributed by atoms with van der Waals surface area (Å²) < 4.78 is 41.1. The molecule has 0 fully saturated rings. The minimum atomic E-state index is -4.38. The van der Waals surface area contributed by atoms with E-state index in [1.165, 1.54) is 0 Å². The Balaban J connectivity index is 3.30. The predicted octanol–water partition coefficient (Wildman–Crippen LogP) is 2.74.